The quantitative estimate of drug-likeness (QED) is 0.753. The minimum atomic E-state index is 0.381. The van der Waals surface area contributed by atoms with Gasteiger partial charge in [-0.25, -0.2) is 4.98 Å². The van der Waals surface area contributed by atoms with Gasteiger partial charge in [0.1, 0.15) is 6.07 Å². The average Bonchev–Trinajstić information content (AvgIpc) is 2.22. The lowest BCUT2D eigenvalue weighted by Gasteiger charge is -2.24. The highest BCUT2D eigenvalue weighted by Crippen LogP contribution is 2.29. The summed E-state index contributed by atoms with van der Waals surface area (Å²) in [7, 11) is 0. The number of rotatable bonds is 4. The van der Waals surface area contributed by atoms with Crippen LogP contribution in [0.2, 0.25) is 0 Å². The molecule has 0 atom stereocenters. The number of hydrogen-bond acceptors (Lipinski definition) is 3. The highest BCUT2D eigenvalue weighted by atomic mass is 16.5. The van der Waals surface area contributed by atoms with Crippen molar-refractivity contribution in [2.45, 2.75) is 25.7 Å². The predicted molar refractivity (Wildman–Crippen MR) is 56.4 cm³/mol. The zero-order valence-corrected chi connectivity index (χ0v) is 8.65. The Morgan fingerprint density at radius 2 is 2.40 bits per heavy atom. The Bertz CT molecular complexity index is 366. The molecule has 2 rings (SSSR count). The number of nitriles is 1. The van der Waals surface area contributed by atoms with Crippen molar-refractivity contribution in [1.82, 2.24) is 4.98 Å². The van der Waals surface area contributed by atoms with Crippen LogP contribution in [0.15, 0.2) is 18.3 Å². The van der Waals surface area contributed by atoms with Crippen molar-refractivity contribution in [2.24, 2.45) is 5.92 Å². The molecule has 3 heteroatoms. The molecule has 0 bridgehead atoms. The normalized spacial score (nSPS) is 15.4. The Morgan fingerprint density at radius 3 is 3.07 bits per heavy atom. The number of ether oxygens (including phenoxy) is 1. The minimum Gasteiger partial charge on any atom is -0.491 e. The maximum absolute atomic E-state index is 8.79. The molecular weight excluding hydrogens is 188 g/mol. The molecule has 78 valence electrons. The molecule has 0 N–H and O–H groups in total. The Kier molecular flexibility index (Phi) is 3.18. The van der Waals surface area contributed by atoms with Gasteiger partial charge in [0.15, 0.2) is 11.4 Å². The lowest BCUT2D eigenvalue weighted by molar-refractivity contribution is 0.221. The van der Waals surface area contributed by atoms with Gasteiger partial charge in [0.05, 0.1) is 6.61 Å². The van der Waals surface area contributed by atoms with Crippen LogP contribution in [0, 0.1) is 17.2 Å². The highest BCUT2D eigenvalue weighted by molar-refractivity contribution is 5.36. The van der Waals surface area contributed by atoms with Crippen molar-refractivity contribution in [2.75, 3.05) is 6.61 Å². The molecule has 0 radical (unpaired) electrons. The topological polar surface area (TPSA) is 45.9 Å². The van der Waals surface area contributed by atoms with Gasteiger partial charge in [0.25, 0.3) is 0 Å². The summed E-state index contributed by atoms with van der Waals surface area (Å²) in [5, 5.41) is 8.79. The van der Waals surface area contributed by atoms with Gasteiger partial charge in [0.2, 0.25) is 0 Å². The van der Waals surface area contributed by atoms with E-state index in [2.05, 4.69) is 4.98 Å². The van der Waals surface area contributed by atoms with E-state index in [1.54, 1.807) is 18.3 Å². The van der Waals surface area contributed by atoms with Crippen LogP contribution in [0.1, 0.15) is 31.4 Å². The third-order valence-electron chi connectivity index (χ3n) is 2.89. The van der Waals surface area contributed by atoms with Gasteiger partial charge in [-0.1, -0.05) is 19.3 Å². The fourth-order valence-electron chi connectivity index (χ4n) is 1.71. The summed E-state index contributed by atoms with van der Waals surface area (Å²) in [4.78, 5) is 3.94. The first kappa shape index (κ1) is 9.97. The molecule has 1 aromatic rings. The van der Waals surface area contributed by atoms with Crippen molar-refractivity contribution >= 4 is 0 Å². The summed E-state index contributed by atoms with van der Waals surface area (Å²) >= 11 is 0. The van der Waals surface area contributed by atoms with Crippen LogP contribution in [-0.2, 0) is 0 Å². The monoisotopic (exact) mass is 202 g/mol. The Labute approximate surface area is 89.7 Å². The first-order valence-corrected chi connectivity index (χ1v) is 5.38. The second-order valence-corrected chi connectivity index (χ2v) is 3.90. The van der Waals surface area contributed by atoms with Crippen LogP contribution in [0.3, 0.4) is 0 Å². The summed E-state index contributed by atoms with van der Waals surface area (Å²) in [6, 6.07) is 5.61. The van der Waals surface area contributed by atoms with Crippen molar-refractivity contribution in [3.63, 3.8) is 0 Å². The molecule has 1 aromatic heterocycles. The largest absolute Gasteiger partial charge is 0.491 e. The first-order chi connectivity index (χ1) is 7.40. The van der Waals surface area contributed by atoms with E-state index in [9.17, 15) is 0 Å². The van der Waals surface area contributed by atoms with Gasteiger partial charge < -0.3 is 4.74 Å². The lowest BCUT2D eigenvalue weighted by Crippen LogP contribution is -2.14. The molecule has 1 aliphatic carbocycles. The average molecular weight is 202 g/mol. The van der Waals surface area contributed by atoms with E-state index in [1.165, 1.54) is 19.3 Å². The molecule has 15 heavy (non-hydrogen) atoms. The van der Waals surface area contributed by atoms with Crippen LogP contribution >= 0.6 is 0 Å². The van der Waals surface area contributed by atoms with Gasteiger partial charge in [-0.3, -0.25) is 0 Å². The summed E-state index contributed by atoms with van der Waals surface area (Å²) in [5.41, 5.74) is 0.381. The standard InChI is InChI=1S/C12H14N2O/c13-9-11-12(5-2-7-14-11)15-8-6-10-3-1-4-10/h2,5,7,10H,1,3-4,6,8H2. The van der Waals surface area contributed by atoms with Crippen LogP contribution in [-0.4, -0.2) is 11.6 Å². The van der Waals surface area contributed by atoms with Crippen molar-refractivity contribution in [3.8, 4) is 11.8 Å². The van der Waals surface area contributed by atoms with Crippen LogP contribution in [0.25, 0.3) is 0 Å². The molecule has 0 aliphatic heterocycles. The predicted octanol–water partition coefficient (Wildman–Crippen LogP) is 2.52. The Balaban J connectivity index is 1.84. The van der Waals surface area contributed by atoms with E-state index < -0.39 is 0 Å². The van der Waals surface area contributed by atoms with Crippen molar-refractivity contribution in [1.29, 1.82) is 5.26 Å². The summed E-state index contributed by atoms with van der Waals surface area (Å²) in [5.74, 6) is 1.45. The van der Waals surface area contributed by atoms with E-state index in [1.807, 2.05) is 6.07 Å². The summed E-state index contributed by atoms with van der Waals surface area (Å²) in [6.07, 6.45) is 6.74. The van der Waals surface area contributed by atoms with Gasteiger partial charge in [0, 0.05) is 6.20 Å². The molecule has 1 heterocycles. The number of pyridine rings is 1. The third-order valence-corrected chi connectivity index (χ3v) is 2.89. The first-order valence-electron chi connectivity index (χ1n) is 5.38. The SMILES string of the molecule is N#Cc1ncccc1OCCC1CCC1. The molecule has 0 spiro atoms. The Morgan fingerprint density at radius 1 is 1.53 bits per heavy atom. The molecule has 0 amide bonds. The number of nitrogens with zero attached hydrogens (tertiary/aromatic N) is 2. The van der Waals surface area contributed by atoms with E-state index in [0.29, 0.717) is 18.1 Å². The third kappa shape index (κ3) is 2.47. The second kappa shape index (κ2) is 4.79. The summed E-state index contributed by atoms with van der Waals surface area (Å²) < 4.78 is 5.55. The van der Waals surface area contributed by atoms with Crippen molar-refractivity contribution < 1.29 is 4.74 Å². The van der Waals surface area contributed by atoms with Gasteiger partial charge in [-0.15, -0.1) is 0 Å². The van der Waals surface area contributed by atoms with Gasteiger partial charge in [-0.05, 0) is 24.5 Å². The summed E-state index contributed by atoms with van der Waals surface area (Å²) in [6.45, 7) is 0.699. The number of hydrogen-bond donors (Lipinski definition) is 0. The molecule has 0 aromatic carbocycles. The van der Waals surface area contributed by atoms with Crippen LogP contribution in [0.4, 0.5) is 0 Å². The van der Waals surface area contributed by atoms with Crippen molar-refractivity contribution in [3.05, 3.63) is 24.0 Å². The van der Waals surface area contributed by atoms with Gasteiger partial charge >= 0.3 is 0 Å². The zero-order chi connectivity index (χ0) is 10.5. The Hall–Kier alpha value is -1.56. The zero-order valence-electron chi connectivity index (χ0n) is 8.65. The van der Waals surface area contributed by atoms with E-state index in [0.717, 1.165) is 12.3 Å². The fourth-order valence-corrected chi connectivity index (χ4v) is 1.71. The maximum atomic E-state index is 8.79. The van der Waals surface area contributed by atoms with Crippen LogP contribution in [0.5, 0.6) is 5.75 Å². The second-order valence-electron chi connectivity index (χ2n) is 3.90. The fraction of sp³-hybridized carbons (Fsp3) is 0.500. The van der Waals surface area contributed by atoms with E-state index >= 15 is 0 Å². The van der Waals surface area contributed by atoms with Crippen LogP contribution < -0.4 is 4.74 Å². The number of aromatic nitrogens is 1. The molecule has 0 unspecified atom stereocenters. The maximum Gasteiger partial charge on any atom is 0.182 e. The molecular formula is C12H14N2O. The molecule has 1 aliphatic rings. The van der Waals surface area contributed by atoms with E-state index in [4.69, 9.17) is 10.00 Å². The molecule has 1 saturated carbocycles. The molecule has 1 fully saturated rings. The smallest absolute Gasteiger partial charge is 0.182 e. The van der Waals surface area contributed by atoms with Gasteiger partial charge in [-0.2, -0.15) is 5.26 Å². The molecule has 0 saturated heterocycles. The highest BCUT2D eigenvalue weighted by Gasteiger charge is 2.17. The molecule has 3 nitrogen and oxygen atoms in total. The van der Waals surface area contributed by atoms with E-state index in [-0.39, 0.29) is 0 Å². The minimum absolute atomic E-state index is 0.381. The lowest BCUT2D eigenvalue weighted by atomic mass is 9.83.